The Morgan fingerprint density at radius 1 is 1.32 bits per heavy atom. The molecule has 0 radical (unpaired) electrons. The summed E-state index contributed by atoms with van der Waals surface area (Å²) in [7, 11) is 1.65. The van der Waals surface area contributed by atoms with Crippen molar-refractivity contribution in [3.05, 3.63) is 10.3 Å². The van der Waals surface area contributed by atoms with E-state index in [1.165, 1.54) is 4.68 Å². The van der Waals surface area contributed by atoms with E-state index in [-0.39, 0.29) is 18.8 Å². The number of halogens is 4. The standard InChI is InChI=1S/C11H15BrF3N3O/c1-18-8(10(12)16-17-18)9(19)6-2-4-7(5-3-6)11(13,14)15/h6-7,9,19H,2-5H2,1H3. The van der Waals surface area contributed by atoms with Crippen molar-refractivity contribution in [3.63, 3.8) is 0 Å². The van der Waals surface area contributed by atoms with E-state index >= 15 is 0 Å². The predicted molar refractivity (Wildman–Crippen MR) is 65.2 cm³/mol. The van der Waals surface area contributed by atoms with Gasteiger partial charge in [0.25, 0.3) is 0 Å². The molecule has 19 heavy (non-hydrogen) atoms. The molecule has 0 amide bonds. The van der Waals surface area contributed by atoms with Crippen LogP contribution in [0.5, 0.6) is 0 Å². The molecule has 1 fully saturated rings. The van der Waals surface area contributed by atoms with E-state index in [4.69, 9.17) is 0 Å². The van der Waals surface area contributed by atoms with Crippen molar-refractivity contribution < 1.29 is 18.3 Å². The van der Waals surface area contributed by atoms with Gasteiger partial charge in [-0.15, -0.1) is 5.10 Å². The molecule has 0 saturated heterocycles. The zero-order valence-corrected chi connectivity index (χ0v) is 11.9. The van der Waals surface area contributed by atoms with Gasteiger partial charge in [0, 0.05) is 7.05 Å². The molecule has 8 heteroatoms. The molecule has 1 unspecified atom stereocenters. The van der Waals surface area contributed by atoms with Crippen molar-refractivity contribution in [2.75, 3.05) is 0 Å². The highest BCUT2D eigenvalue weighted by Gasteiger charge is 2.43. The maximum Gasteiger partial charge on any atom is 0.391 e. The number of nitrogens with zero attached hydrogens (tertiary/aromatic N) is 3. The van der Waals surface area contributed by atoms with E-state index in [0.717, 1.165) is 0 Å². The summed E-state index contributed by atoms with van der Waals surface area (Å²) in [6.45, 7) is 0. The minimum atomic E-state index is -4.12. The van der Waals surface area contributed by atoms with Crippen LogP contribution in [-0.4, -0.2) is 26.3 Å². The van der Waals surface area contributed by atoms with Gasteiger partial charge in [-0.1, -0.05) is 5.21 Å². The Morgan fingerprint density at radius 2 is 1.89 bits per heavy atom. The Balaban J connectivity index is 2.02. The summed E-state index contributed by atoms with van der Waals surface area (Å²) < 4.78 is 39.6. The van der Waals surface area contributed by atoms with Crippen LogP contribution in [0.15, 0.2) is 4.60 Å². The molecule has 1 heterocycles. The second-order valence-electron chi connectivity index (χ2n) is 4.99. The average Bonchev–Trinajstić information content (AvgIpc) is 2.67. The van der Waals surface area contributed by atoms with Gasteiger partial charge in [-0.2, -0.15) is 13.2 Å². The first kappa shape index (κ1) is 14.8. The number of hydrogen-bond donors (Lipinski definition) is 1. The van der Waals surface area contributed by atoms with E-state index in [1.54, 1.807) is 7.05 Å². The number of rotatable bonds is 2. The zero-order chi connectivity index (χ0) is 14.2. The molecule has 1 aliphatic rings. The first-order valence-corrected chi connectivity index (χ1v) is 6.90. The lowest BCUT2D eigenvalue weighted by atomic mass is 9.78. The van der Waals surface area contributed by atoms with Crippen molar-refractivity contribution in [1.29, 1.82) is 0 Å². The van der Waals surface area contributed by atoms with Gasteiger partial charge in [0.1, 0.15) is 11.8 Å². The maximum absolute atomic E-state index is 12.6. The summed E-state index contributed by atoms with van der Waals surface area (Å²) in [5, 5.41) is 17.8. The molecule has 1 aliphatic carbocycles. The van der Waals surface area contributed by atoms with Gasteiger partial charge < -0.3 is 5.11 Å². The fraction of sp³-hybridized carbons (Fsp3) is 0.818. The topological polar surface area (TPSA) is 50.9 Å². The first-order chi connectivity index (χ1) is 8.80. The Bertz CT molecular complexity index is 421. The van der Waals surface area contributed by atoms with Gasteiger partial charge in [0.05, 0.1) is 5.92 Å². The number of alkyl halides is 3. The number of aliphatic hydroxyl groups is 1. The molecule has 1 N–H and O–H groups in total. The molecule has 0 aromatic carbocycles. The zero-order valence-electron chi connectivity index (χ0n) is 10.4. The van der Waals surface area contributed by atoms with Crippen molar-refractivity contribution in [2.45, 2.75) is 38.0 Å². The van der Waals surface area contributed by atoms with E-state index in [1.807, 2.05) is 0 Å². The van der Waals surface area contributed by atoms with E-state index in [0.29, 0.717) is 23.1 Å². The van der Waals surface area contributed by atoms with Gasteiger partial charge in [0.2, 0.25) is 0 Å². The highest BCUT2D eigenvalue weighted by molar-refractivity contribution is 9.10. The molecule has 0 bridgehead atoms. The molecule has 2 rings (SSSR count). The third kappa shape index (κ3) is 3.10. The SMILES string of the molecule is Cn1nnc(Br)c1C(O)C1CCC(C(F)(F)F)CC1. The summed E-state index contributed by atoms with van der Waals surface area (Å²) >= 11 is 3.19. The monoisotopic (exact) mass is 341 g/mol. The molecule has 1 saturated carbocycles. The van der Waals surface area contributed by atoms with Gasteiger partial charge in [0.15, 0.2) is 4.60 Å². The summed E-state index contributed by atoms with van der Waals surface area (Å²) in [6, 6.07) is 0. The van der Waals surface area contributed by atoms with Crippen LogP contribution in [0.4, 0.5) is 13.2 Å². The quantitative estimate of drug-likeness (QED) is 0.899. The van der Waals surface area contributed by atoms with Crippen molar-refractivity contribution in [1.82, 2.24) is 15.0 Å². The van der Waals surface area contributed by atoms with E-state index < -0.39 is 18.2 Å². The van der Waals surface area contributed by atoms with Crippen LogP contribution in [0.1, 0.15) is 37.5 Å². The molecule has 1 aromatic rings. The van der Waals surface area contributed by atoms with Gasteiger partial charge in [-0.3, -0.25) is 0 Å². The number of aromatic nitrogens is 3. The minimum absolute atomic E-state index is 0.0775. The van der Waals surface area contributed by atoms with Crippen LogP contribution in [-0.2, 0) is 7.05 Å². The number of aliphatic hydroxyl groups excluding tert-OH is 1. The highest BCUT2D eigenvalue weighted by atomic mass is 79.9. The van der Waals surface area contributed by atoms with Crippen LogP contribution in [0.2, 0.25) is 0 Å². The Labute approximate surface area is 117 Å². The molecule has 1 atom stereocenters. The molecular weight excluding hydrogens is 327 g/mol. The second kappa shape index (κ2) is 5.40. The second-order valence-corrected chi connectivity index (χ2v) is 5.74. The van der Waals surface area contributed by atoms with Crippen LogP contribution >= 0.6 is 15.9 Å². The molecule has 0 spiro atoms. The van der Waals surface area contributed by atoms with E-state index in [2.05, 4.69) is 26.2 Å². The van der Waals surface area contributed by atoms with E-state index in [9.17, 15) is 18.3 Å². The average molecular weight is 342 g/mol. The number of hydrogen-bond acceptors (Lipinski definition) is 3. The number of aryl methyl sites for hydroxylation is 1. The van der Waals surface area contributed by atoms with Crippen LogP contribution in [0, 0.1) is 11.8 Å². The van der Waals surface area contributed by atoms with Crippen LogP contribution in [0.25, 0.3) is 0 Å². The Kier molecular flexibility index (Phi) is 4.20. The summed E-state index contributed by atoms with van der Waals surface area (Å²) in [5.74, 6) is -1.41. The summed E-state index contributed by atoms with van der Waals surface area (Å²) in [4.78, 5) is 0. The van der Waals surface area contributed by atoms with Gasteiger partial charge in [-0.05, 0) is 47.5 Å². The van der Waals surface area contributed by atoms with Crippen molar-refractivity contribution >= 4 is 15.9 Å². The lowest BCUT2D eigenvalue weighted by Crippen LogP contribution is -2.30. The molecule has 1 aromatic heterocycles. The van der Waals surface area contributed by atoms with Gasteiger partial charge in [-0.25, -0.2) is 4.68 Å². The summed E-state index contributed by atoms with van der Waals surface area (Å²) in [6.07, 6.45) is -4.07. The molecular formula is C11H15BrF3N3O. The lowest BCUT2D eigenvalue weighted by Gasteiger charge is -2.32. The lowest BCUT2D eigenvalue weighted by molar-refractivity contribution is -0.186. The smallest absolute Gasteiger partial charge is 0.386 e. The molecule has 0 aliphatic heterocycles. The van der Waals surface area contributed by atoms with Gasteiger partial charge >= 0.3 is 6.18 Å². The van der Waals surface area contributed by atoms with Crippen molar-refractivity contribution in [3.8, 4) is 0 Å². The van der Waals surface area contributed by atoms with Crippen LogP contribution < -0.4 is 0 Å². The fourth-order valence-electron chi connectivity index (χ4n) is 2.64. The largest absolute Gasteiger partial charge is 0.391 e. The normalized spacial score (nSPS) is 26.4. The third-order valence-electron chi connectivity index (χ3n) is 3.79. The molecule has 4 nitrogen and oxygen atoms in total. The fourth-order valence-corrected chi connectivity index (χ4v) is 3.20. The first-order valence-electron chi connectivity index (χ1n) is 6.10. The maximum atomic E-state index is 12.6. The minimum Gasteiger partial charge on any atom is -0.386 e. The Morgan fingerprint density at radius 3 is 2.32 bits per heavy atom. The summed E-state index contributed by atoms with van der Waals surface area (Å²) in [5.41, 5.74) is 0.524. The Hall–Kier alpha value is -0.630. The highest BCUT2D eigenvalue weighted by Crippen LogP contribution is 2.43. The predicted octanol–water partition coefficient (Wildman–Crippen LogP) is 2.98. The molecule has 108 valence electrons. The van der Waals surface area contributed by atoms with Crippen LogP contribution in [0.3, 0.4) is 0 Å². The third-order valence-corrected chi connectivity index (χ3v) is 4.35. The van der Waals surface area contributed by atoms with Crippen molar-refractivity contribution in [2.24, 2.45) is 18.9 Å².